The summed E-state index contributed by atoms with van der Waals surface area (Å²) in [4.78, 5) is 24.1. The summed E-state index contributed by atoms with van der Waals surface area (Å²) in [5.41, 5.74) is 3.29. The number of rotatable bonds is 24. The fraction of sp³-hybridized carbons (Fsp3) is 0.400. The van der Waals surface area contributed by atoms with Crippen LogP contribution in [-0.2, 0) is 45.0 Å². The van der Waals surface area contributed by atoms with Crippen molar-refractivity contribution in [2.24, 2.45) is 0 Å². The van der Waals surface area contributed by atoms with Crippen LogP contribution in [0.2, 0.25) is 0 Å². The smallest absolute Gasteiger partial charge is 0.333 e. The maximum atomic E-state index is 12.1. The summed E-state index contributed by atoms with van der Waals surface area (Å²) < 4.78 is 21.8. The van der Waals surface area contributed by atoms with Crippen molar-refractivity contribution in [3.8, 4) is 11.5 Å². The van der Waals surface area contributed by atoms with Gasteiger partial charge in [-0.25, -0.2) is 9.59 Å². The highest BCUT2D eigenvalue weighted by Gasteiger charge is 2.22. The van der Waals surface area contributed by atoms with Crippen LogP contribution in [0.4, 0.5) is 0 Å². The molecule has 4 atom stereocenters. The molecular formula is C40H52N2O10. The number of aliphatic hydroxyl groups excluding tert-OH is 4. The number of esters is 2. The van der Waals surface area contributed by atoms with E-state index in [1.165, 1.54) is 13.8 Å². The van der Waals surface area contributed by atoms with E-state index in [-0.39, 0.29) is 76.6 Å². The van der Waals surface area contributed by atoms with E-state index in [0.29, 0.717) is 22.6 Å². The first-order valence-corrected chi connectivity index (χ1v) is 17.2. The van der Waals surface area contributed by atoms with E-state index in [1.807, 2.05) is 48.5 Å². The van der Waals surface area contributed by atoms with Gasteiger partial charge in [-0.3, -0.25) is 0 Å². The molecule has 3 aromatic rings. The molecule has 12 nitrogen and oxygen atoms in total. The van der Waals surface area contributed by atoms with Gasteiger partial charge in [-0.15, -0.1) is 0 Å². The third kappa shape index (κ3) is 15.4. The molecule has 0 amide bonds. The zero-order valence-corrected chi connectivity index (χ0v) is 30.0. The standard InChI is InChI=1S/C40H52N2O10/c1-27(2)39(47)51-23-31(43)17-37-29(19-41-21-33(45)25-49-35-11-7-5-8-12-35)15-16-30(38(37)18-32(44)24-52-40(48)28(3)4)20-42-22-34(46)26-50-36-13-9-6-10-14-36/h5-16,31-34,41-46H,1,3,17-26H2,2,4H3. The van der Waals surface area contributed by atoms with E-state index in [4.69, 9.17) is 18.9 Å². The molecule has 0 saturated heterocycles. The Morgan fingerprint density at radius 1 is 0.577 bits per heavy atom. The molecule has 282 valence electrons. The van der Waals surface area contributed by atoms with E-state index in [1.54, 1.807) is 24.3 Å². The topological polar surface area (TPSA) is 176 Å². The first kappa shape index (κ1) is 41.9. The molecule has 0 aromatic heterocycles. The maximum Gasteiger partial charge on any atom is 0.333 e. The van der Waals surface area contributed by atoms with E-state index < -0.39 is 36.4 Å². The van der Waals surface area contributed by atoms with Gasteiger partial charge in [-0.05, 0) is 60.4 Å². The Balaban J connectivity index is 1.81. The maximum absolute atomic E-state index is 12.1. The zero-order chi connectivity index (χ0) is 37.9. The molecule has 52 heavy (non-hydrogen) atoms. The number of benzene rings is 3. The van der Waals surface area contributed by atoms with Crippen molar-refractivity contribution in [2.45, 2.75) is 64.2 Å². The number of ether oxygens (including phenoxy) is 4. The van der Waals surface area contributed by atoms with Crippen molar-refractivity contribution >= 4 is 11.9 Å². The van der Waals surface area contributed by atoms with Gasteiger partial charge in [0.05, 0.1) is 12.2 Å². The first-order valence-electron chi connectivity index (χ1n) is 17.2. The van der Waals surface area contributed by atoms with Gasteiger partial charge < -0.3 is 50.0 Å². The number of nitrogens with one attached hydrogen (secondary N) is 2. The molecule has 3 aromatic carbocycles. The zero-order valence-electron chi connectivity index (χ0n) is 30.0. The van der Waals surface area contributed by atoms with Gasteiger partial charge in [0.15, 0.2) is 0 Å². The Bertz CT molecular complexity index is 1450. The van der Waals surface area contributed by atoms with Gasteiger partial charge in [0, 0.05) is 50.2 Å². The van der Waals surface area contributed by atoms with Crippen LogP contribution in [0.5, 0.6) is 11.5 Å². The molecule has 0 aliphatic rings. The number of para-hydroxylation sites is 2. The lowest BCUT2D eigenvalue weighted by Crippen LogP contribution is -2.33. The first-order chi connectivity index (χ1) is 24.9. The highest BCUT2D eigenvalue weighted by molar-refractivity contribution is 5.87. The number of carbonyl (C=O) groups excluding carboxylic acids is 2. The Hall–Kier alpha value is -4.56. The van der Waals surface area contributed by atoms with Crippen LogP contribution in [0.3, 0.4) is 0 Å². The molecular weight excluding hydrogens is 668 g/mol. The van der Waals surface area contributed by atoms with E-state index in [9.17, 15) is 30.0 Å². The second kappa shape index (κ2) is 22.4. The Morgan fingerprint density at radius 2 is 0.942 bits per heavy atom. The second-order valence-corrected chi connectivity index (χ2v) is 12.6. The molecule has 4 unspecified atom stereocenters. The summed E-state index contributed by atoms with van der Waals surface area (Å²) in [5.74, 6) is 0.0243. The quantitative estimate of drug-likeness (QED) is 0.0591. The van der Waals surface area contributed by atoms with Gasteiger partial charge in [0.2, 0.25) is 0 Å². The monoisotopic (exact) mass is 720 g/mol. The lowest BCUT2D eigenvalue weighted by Gasteiger charge is -2.24. The fourth-order valence-corrected chi connectivity index (χ4v) is 5.09. The molecule has 12 heteroatoms. The summed E-state index contributed by atoms with van der Waals surface area (Å²) in [6.45, 7) is 10.7. The molecule has 0 fully saturated rings. The third-order valence-electron chi connectivity index (χ3n) is 7.78. The van der Waals surface area contributed by atoms with E-state index >= 15 is 0 Å². The minimum Gasteiger partial charge on any atom is -0.491 e. The van der Waals surface area contributed by atoms with Crippen molar-refractivity contribution in [1.29, 1.82) is 0 Å². The number of carbonyl (C=O) groups is 2. The molecule has 0 spiro atoms. The van der Waals surface area contributed by atoms with Crippen LogP contribution in [0.25, 0.3) is 0 Å². The Morgan fingerprint density at radius 3 is 1.29 bits per heavy atom. The van der Waals surface area contributed by atoms with Crippen LogP contribution in [0.15, 0.2) is 97.1 Å². The predicted octanol–water partition coefficient (Wildman–Crippen LogP) is 2.79. The lowest BCUT2D eigenvalue weighted by atomic mass is 9.88. The van der Waals surface area contributed by atoms with Gasteiger partial charge in [0.25, 0.3) is 0 Å². The molecule has 0 heterocycles. The summed E-state index contributed by atoms with van der Waals surface area (Å²) in [6, 6.07) is 22.1. The van der Waals surface area contributed by atoms with Crippen LogP contribution in [0.1, 0.15) is 36.1 Å². The third-order valence-corrected chi connectivity index (χ3v) is 7.78. The van der Waals surface area contributed by atoms with Gasteiger partial charge in [-0.2, -0.15) is 0 Å². The molecule has 0 saturated carbocycles. The average molecular weight is 721 g/mol. The van der Waals surface area contributed by atoms with Crippen molar-refractivity contribution in [3.05, 3.63) is 119 Å². The van der Waals surface area contributed by atoms with E-state index in [2.05, 4.69) is 23.8 Å². The SMILES string of the molecule is C=C(C)C(=O)OCC(O)Cc1c(CNCC(O)COc2ccccc2)ccc(CNCC(O)COc2ccccc2)c1CC(O)COC(=O)C(=C)C. The minimum absolute atomic E-state index is 0.0507. The van der Waals surface area contributed by atoms with Crippen LogP contribution in [-0.4, -0.2) is 96.3 Å². The van der Waals surface area contributed by atoms with Crippen molar-refractivity contribution in [3.63, 3.8) is 0 Å². The lowest BCUT2D eigenvalue weighted by molar-refractivity contribution is -0.142. The van der Waals surface area contributed by atoms with Crippen molar-refractivity contribution in [1.82, 2.24) is 10.6 Å². The fourth-order valence-electron chi connectivity index (χ4n) is 5.09. The van der Waals surface area contributed by atoms with Gasteiger partial charge in [0.1, 0.15) is 50.1 Å². The minimum atomic E-state index is -1.11. The molecule has 6 N–H and O–H groups in total. The second-order valence-electron chi connectivity index (χ2n) is 12.6. The summed E-state index contributed by atoms with van der Waals surface area (Å²) in [5, 5.41) is 49.7. The molecule has 0 aliphatic heterocycles. The average Bonchev–Trinajstić information content (AvgIpc) is 3.13. The van der Waals surface area contributed by atoms with Gasteiger partial charge >= 0.3 is 11.9 Å². The molecule has 3 rings (SSSR count). The Labute approximate surface area is 305 Å². The van der Waals surface area contributed by atoms with Crippen molar-refractivity contribution < 1.29 is 49.0 Å². The summed E-state index contributed by atoms with van der Waals surface area (Å²) >= 11 is 0. The predicted molar refractivity (Wildman–Crippen MR) is 197 cm³/mol. The van der Waals surface area contributed by atoms with Crippen LogP contribution in [0, 0.1) is 0 Å². The summed E-state index contributed by atoms with van der Waals surface area (Å²) in [6.07, 6.45) is -3.75. The van der Waals surface area contributed by atoms with Crippen LogP contribution < -0.4 is 20.1 Å². The normalized spacial score (nSPS) is 13.3. The van der Waals surface area contributed by atoms with E-state index in [0.717, 1.165) is 11.1 Å². The van der Waals surface area contributed by atoms with Crippen LogP contribution >= 0.6 is 0 Å². The number of hydrogen-bond donors (Lipinski definition) is 6. The number of hydrogen-bond acceptors (Lipinski definition) is 12. The Kier molecular flexibility index (Phi) is 18.0. The highest BCUT2D eigenvalue weighted by atomic mass is 16.5. The van der Waals surface area contributed by atoms with Crippen molar-refractivity contribution in [2.75, 3.05) is 39.5 Å². The van der Waals surface area contributed by atoms with Gasteiger partial charge in [-0.1, -0.05) is 61.7 Å². The molecule has 0 aliphatic carbocycles. The largest absolute Gasteiger partial charge is 0.491 e. The number of aliphatic hydroxyl groups is 4. The molecule has 0 radical (unpaired) electrons. The molecule has 0 bridgehead atoms. The highest BCUT2D eigenvalue weighted by Crippen LogP contribution is 2.25. The summed E-state index contributed by atoms with van der Waals surface area (Å²) in [7, 11) is 0.